The molecule has 8 heterocycles. The van der Waals surface area contributed by atoms with Crippen LogP contribution >= 0.6 is 0 Å². The summed E-state index contributed by atoms with van der Waals surface area (Å²) in [6.07, 6.45) is 9.84. The Bertz CT molecular complexity index is 5340. The number of likely N-dealkylation sites (tertiary alicyclic amines) is 3. The van der Waals surface area contributed by atoms with Gasteiger partial charge in [0.2, 0.25) is 23.6 Å². The summed E-state index contributed by atoms with van der Waals surface area (Å²) in [7, 11) is 6.20. The van der Waals surface area contributed by atoms with Crippen LogP contribution in [0.1, 0.15) is 238 Å². The fraction of sp³-hybridized carbons (Fsp3) is 0.471. The van der Waals surface area contributed by atoms with Crippen LogP contribution in [0.3, 0.4) is 0 Å². The van der Waals surface area contributed by atoms with Crippen molar-refractivity contribution in [2.45, 2.75) is 237 Å². The molecule has 4 fully saturated rings. The number of hydrogen-bond donors (Lipinski definition) is 2. The molecule has 129 heavy (non-hydrogen) atoms. The number of piperidine rings is 4. The summed E-state index contributed by atoms with van der Waals surface area (Å²) in [5.74, 6) is 0.528. The minimum absolute atomic E-state index is 0.00464. The summed E-state index contributed by atoms with van der Waals surface area (Å²) in [5, 5.41) is 8.16. The summed E-state index contributed by atoms with van der Waals surface area (Å²) >= 11 is 0. The van der Waals surface area contributed by atoms with E-state index >= 15 is 0 Å². The van der Waals surface area contributed by atoms with Gasteiger partial charge in [-0.2, -0.15) is 0 Å². The smallest absolute Gasteiger partial charge is 0.410 e. The molecule has 8 aliphatic heterocycles. The first-order chi connectivity index (χ1) is 62.0. The van der Waals surface area contributed by atoms with E-state index in [1.807, 2.05) is 203 Å². The fourth-order valence-corrected chi connectivity index (χ4v) is 20.2. The Balaban J connectivity index is 0.000000140. The molecule has 25 heteroatoms. The summed E-state index contributed by atoms with van der Waals surface area (Å²) in [6.45, 7) is 22.6. The lowest BCUT2D eigenvalue weighted by atomic mass is 9.94. The third-order valence-corrected chi connectivity index (χ3v) is 26.5. The SMILES string of the molecule is CCC(=O)CC1C(=O)N(C2CCN(C(=O)OC(C)(C)C)CC2)c2ccccc21.CCC(=O)CC1C(=O)N(C2CCN(C3Cc4cccc5ccc(OC)c3c45)CC2)c2ccccc21.CCC(=O)CC1C(=O)N(C2CCNCC2)c2ccccc21.CN.COC(=O)CC1C(=O)N(C2CCN(C(=O)OC(C)(C)C)CC2)c2ccccc21.COc1ccc2cccc3c2c1C(=O)C3. The van der Waals surface area contributed by atoms with Gasteiger partial charge < -0.3 is 64.1 Å². The Hall–Kier alpha value is -11.7. The van der Waals surface area contributed by atoms with E-state index in [1.54, 1.807) is 24.0 Å². The molecule has 2 aliphatic carbocycles. The summed E-state index contributed by atoms with van der Waals surface area (Å²) in [5.41, 5.74) is 15.7. The van der Waals surface area contributed by atoms with Crippen molar-refractivity contribution in [1.29, 1.82) is 0 Å². The first-order valence-electron chi connectivity index (χ1n) is 46.0. The van der Waals surface area contributed by atoms with E-state index in [-0.39, 0.29) is 114 Å². The molecule has 4 saturated heterocycles. The third kappa shape index (κ3) is 20.8. The molecule has 5 unspecified atom stereocenters. The summed E-state index contributed by atoms with van der Waals surface area (Å²) in [4.78, 5) is 151. The van der Waals surface area contributed by atoms with Crippen molar-refractivity contribution in [3.63, 3.8) is 0 Å². The number of carbonyl (C=O) groups is 11. The van der Waals surface area contributed by atoms with Crippen LogP contribution in [0.2, 0.25) is 0 Å². The van der Waals surface area contributed by atoms with Gasteiger partial charge in [-0.05, 0) is 211 Å². The van der Waals surface area contributed by atoms with Gasteiger partial charge >= 0.3 is 18.2 Å². The molecule has 8 aromatic rings. The maximum absolute atomic E-state index is 13.6. The van der Waals surface area contributed by atoms with Crippen LogP contribution in [0.4, 0.5) is 32.3 Å². The molecule has 684 valence electrons. The molecule has 10 aliphatic rings. The Kier molecular flexibility index (Phi) is 30.8. The second-order valence-electron chi connectivity index (χ2n) is 36.7. The average Bonchev–Trinajstić information content (AvgIpc) is 1.60. The van der Waals surface area contributed by atoms with Crippen molar-refractivity contribution < 1.29 is 76.4 Å². The van der Waals surface area contributed by atoms with E-state index < -0.39 is 23.1 Å². The largest absolute Gasteiger partial charge is 0.496 e. The predicted octanol–water partition coefficient (Wildman–Crippen LogP) is 16.8. The van der Waals surface area contributed by atoms with E-state index in [4.69, 9.17) is 23.7 Å². The number of rotatable bonds is 18. The van der Waals surface area contributed by atoms with Crippen LogP contribution in [-0.4, -0.2) is 196 Å². The highest BCUT2D eigenvalue weighted by Gasteiger charge is 2.48. The topological polar surface area (TPSA) is 295 Å². The molecule has 0 spiro atoms. The number of carbonyl (C=O) groups excluding carboxylic acids is 11. The first kappa shape index (κ1) is 94.9. The number of anilines is 4. The van der Waals surface area contributed by atoms with Crippen LogP contribution in [0.5, 0.6) is 11.5 Å². The zero-order valence-corrected chi connectivity index (χ0v) is 77.1. The van der Waals surface area contributed by atoms with Crippen molar-refractivity contribution in [1.82, 2.24) is 20.0 Å². The van der Waals surface area contributed by atoms with Gasteiger partial charge in [0.15, 0.2) is 5.78 Å². The number of Topliss-reactive ketones (excluding diaryl/α,β-unsaturated/α-hetero) is 4. The van der Waals surface area contributed by atoms with Crippen molar-refractivity contribution in [2.75, 3.05) is 100 Å². The minimum atomic E-state index is -0.529. The monoisotopic (exact) mass is 1760 g/mol. The lowest BCUT2D eigenvalue weighted by Gasteiger charge is -2.40. The van der Waals surface area contributed by atoms with Gasteiger partial charge in [-0.1, -0.05) is 142 Å². The molecular formula is C104H127N9O16. The maximum atomic E-state index is 13.6. The second kappa shape index (κ2) is 41.8. The highest BCUT2D eigenvalue weighted by Crippen LogP contribution is 2.50. The number of fused-ring (bicyclic) bond motifs is 4. The van der Waals surface area contributed by atoms with E-state index in [2.05, 4.69) is 52.3 Å². The molecule has 5 atom stereocenters. The van der Waals surface area contributed by atoms with Crippen molar-refractivity contribution in [3.8, 4) is 11.5 Å². The molecule has 18 rings (SSSR count). The van der Waals surface area contributed by atoms with Gasteiger partial charge in [0.1, 0.15) is 40.1 Å². The molecule has 0 radical (unpaired) electrons. The van der Waals surface area contributed by atoms with Gasteiger partial charge in [-0.15, -0.1) is 0 Å². The number of para-hydroxylation sites is 4. The number of nitrogens with one attached hydrogen (secondary N) is 1. The number of amides is 6. The quantitative estimate of drug-likeness (QED) is 0.0596. The zero-order chi connectivity index (χ0) is 92.3. The van der Waals surface area contributed by atoms with Gasteiger partial charge in [0.25, 0.3) is 0 Å². The van der Waals surface area contributed by atoms with Crippen LogP contribution in [-0.2, 0) is 65.4 Å². The van der Waals surface area contributed by atoms with E-state index in [0.29, 0.717) is 102 Å². The minimum Gasteiger partial charge on any atom is -0.496 e. The first-order valence-corrected chi connectivity index (χ1v) is 46.0. The van der Waals surface area contributed by atoms with Crippen molar-refractivity contribution in [2.24, 2.45) is 5.73 Å². The number of methoxy groups -OCH3 is 3. The van der Waals surface area contributed by atoms with Crippen LogP contribution in [0.15, 0.2) is 158 Å². The normalized spacial score (nSPS) is 20.0. The van der Waals surface area contributed by atoms with Crippen molar-refractivity contribution >= 4 is 109 Å². The number of nitrogens with zero attached hydrogens (tertiary/aromatic N) is 7. The average molecular weight is 1760 g/mol. The van der Waals surface area contributed by atoms with Gasteiger partial charge in [0.05, 0.1) is 57.0 Å². The van der Waals surface area contributed by atoms with Crippen LogP contribution in [0.25, 0.3) is 21.5 Å². The van der Waals surface area contributed by atoms with Gasteiger partial charge in [0, 0.05) is 143 Å². The number of benzene rings is 8. The number of nitrogens with two attached hydrogens (primary N) is 1. The third-order valence-electron chi connectivity index (χ3n) is 26.5. The molecule has 6 amide bonds. The Morgan fingerprint density at radius 1 is 0.403 bits per heavy atom. The Labute approximate surface area is 758 Å². The van der Waals surface area contributed by atoms with Crippen molar-refractivity contribution in [3.05, 3.63) is 202 Å². The lowest BCUT2D eigenvalue weighted by Crippen LogP contribution is -2.49. The predicted molar refractivity (Wildman–Crippen MR) is 501 cm³/mol. The molecule has 0 bridgehead atoms. The highest BCUT2D eigenvalue weighted by atomic mass is 16.6. The summed E-state index contributed by atoms with van der Waals surface area (Å²) < 4.78 is 26.7. The highest BCUT2D eigenvalue weighted by molar-refractivity contribution is 6.18. The molecule has 0 saturated carbocycles. The number of ether oxygens (including phenoxy) is 5. The zero-order valence-electron chi connectivity index (χ0n) is 77.1. The fourth-order valence-electron chi connectivity index (χ4n) is 20.2. The van der Waals surface area contributed by atoms with Crippen LogP contribution < -0.4 is 40.1 Å². The standard InChI is InChI=1S/C30H32N2O3.C22H30N2O4.C21H28N2O5.C17H22N2O2.C13H10O2.CH5N/c1-3-22(33)18-24-23-9-4-5-10-25(23)32(30(24)34)21-13-15-31(16-14-21)26-17-20-8-6-7-19-11-12-27(35-2)29(26)28(19)20;1-5-16(25)14-18-17-8-6-7-9-19(17)24(20(18)26)15-10-12-23(13-11-15)21(27)28-22(2,3)4;1-21(2,3)28-20(26)22-11-9-14(10-12-22)23-17-8-6-5-7-15(17)16(19(23)25)13-18(24)27-4;1-2-13(20)11-15-14-5-3-4-6-16(14)19(17(15)21)12-7-9-18-10-8-12;1-15-11-6-5-8-3-2-4-9-7-10(14)13(11)12(8)9;1-2/h4-12,21,24,26H,3,13-18H2,1-2H3;6-9,15,18H,5,10-14H2,1-4H3;5-8,14,16H,9-13H2,1-4H3;3-6,12,15,18H,2,7-11H2,1H3;2-6H,7H2,1H3;2H2,1H3. The Morgan fingerprint density at radius 2 is 0.752 bits per heavy atom. The van der Waals surface area contributed by atoms with Gasteiger partial charge in [-0.3, -0.25) is 48.1 Å². The van der Waals surface area contributed by atoms with Gasteiger partial charge in [-0.25, -0.2) is 9.59 Å². The maximum Gasteiger partial charge on any atom is 0.410 e. The van der Waals surface area contributed by atoms with E-state index in [9.17, 15) is 52.7 Å². The molecule has 8 aromatic carbocycles. The Morgan fingerprint density at radius 3 is 1.12 bits per heavy atom. The molecule has 3 N–H and O–H groups in total. The number of esters is 1. The summed E-state index contributed by atoms with van der Waals surface area (Å²) in [6, 6.07) is 52.9. The van der Waals surface area contributed by atoms with E-state index in [0.717, 1.165) is 131 Å². The lowest BCUT2D eigenvalue weighted by molar-refractivity contribution is -0.142. The van der Waals surface area contributed by atoms with Crippen LogP contribution in [0, 0.1) is 0 Å². The van der Waals surface area contributed by atoms with E-state index in [1.165, 1.54) is 36.1 Å². The second-order valence-corrected chi connectivity index (χ2v) is 36.7. The number of hydrogen-bond acceptors (Lipinski definition) is 19. The molecular weight excluding hydrogens is 1630 g/mol. The molecule has 25 nitrogen and oxygen atoms in total. The molecule has 0 aromatic heterocycles. The number of ketones is 4.